The topological polar surface area (TPSA) is 28.2 Å². The molecule has 1 aromatic rings. The summed E-state index contributed by atoms with van der Waals surface area (Å²) in [7, 11) is 4.05. The van der Waals surface area contributed by atoms with Gasteiger partial charge in [0, 0.05) is 25.8 Å². The minimum Gasteiger partial charge on any atom is -0.355 e. The molecule has 0 atom stereocenters. The highest BCUT2D eigenvalue weighted by molar-refractivity contribution is 6.33. The van der Waals surface area contributed by atoms with E-state index in [4.69, 9.17) is 11.6 Å². The highest BCUT2D eigenvalue weighted by Gasteiger charge is 2.29. The summed E-state index contributed by atoms with van der Waals surface area (Å²) in [6, 6.07) is 2.58. The Labute approximate surface area is 127 Å². The molecule has 0 bridgehead atoms. The Hall–Kier alpha value is -0.800. The third-order valence-corrected chi connectivity index (χ3v) is 4.73. The molecule has 0 spiro atoms. The van der Waals surface area contributed by atoms with Crippen molar-refractivity contribution in [3.8, 4) is 0 Å². The largest absolute Gasteiger partial charge is 0.355 e. The summed E-state index contributed by atoms with van der Waals surface area (Å²) in [6.45, 7) is 5.52. The SMILES string of the molecule is CNCc1cnc(N(C)C2CCC(C)(C)CC2)c(Cl)c1. The Bertz CT molecular complexity index is 449. The summed E-state index contributed by atoms with van der Waals surface area (Å²) < 4.78 is 0. The van der Waals surface area contributed by atoms with E-state index >= 15 is 0 Å². The first-order valence-corrected chi connectivity index (χ1v) is 7.82. The smallest absolute Gasteiger partial charge is 0.147 e. The minimum atomic E-state index is 0.491. The second kappa shape index (κ2) is 6.31. The first kappa shape index (κ1) is 15.6. The van der Waals surface area contributed by atoms with Gasteiger partial charge >= 0.3 is 0 Å². The summed E-state index contributed by atoms with van der Waals surface area (Å²) in [5.41, 5.74) is 1.62. The van der Waals surface area contributed by atoms with Crippen LogP contribution in [-0.2, 0) is 6.54 Å². The molecule has 1 heterocycles. The van der Waals surface area contributed by atoms with Crippen LogP contribution >= 0.6 is 11.6 Å². The average molecular weight is 296 g/mol. The van der Waals surface area contributed by atoms with E-state index in [0.29, 0.717) is 11.5 Å². The quantitative estimate of drug-likeness (QED) is 0.914. The highest BCUT2D eigenvalue weighted by atomic mass is 35.5. The lowest BCUT2D eigenvalue weighted by Crippen LogP contribution is -2.37. The van der Waals surface area contributed by atoms with Gasteiger partial charge in [0.1, 0.15) is 5.82 Å². The molecule has 1 N–H and O–H groups in total. The standard InChI is InChI=1S/C16H26ClN3/c1-16(2)7-5-13(6-8-16)20(4)15-14(17)9-12(10-18-3)11-19-15/h9,11,13,18H,5-8,10H2,1-4H3. The summed E-state index contributed by atoms with van der Waals surface area (Å²) in [5.74, 6) is 0.913. The van der Waals surface area contributed by atoms with Gasteiger partial charge in [0.15, 0.2) is 0 Å². The van der Waals surface area contributed by atoms with Crippen molar-refractivity contribution in [1.82, 2.24) is 10.3 Å². The maximum absolute atomic E-state index is 6.40. The predicted octanol–water partition coefficient (Wildman–Crippen LogP) is 3.86. The predicted molar refractivity (Wildman–Crippen MR) is 86.5 cm³/mol. The van der Waals surface area contributed by atoms with E-state index in [1.54, 1.807) is 0 Å². The van der Waals surface area contributed by atoms with Crippen molar-refractivity contribution in [2.24, 2.45) is 5.41 Å². The van der Waals surface area contributed by atoms with E-state index in [2.05, 4.69) is 36.1 Å². The van der Waals surface area contributed by atoms with E-state index in [1.807, 2.05) is 19.3 Å². The number of nitrogens with zero attached hydrogens (tertiary/aromatic N) is 2. The van der Waals surface area contributed by atoms with Gasteiger partial charge in [0.2, 0.25) is 0 Å². The van der Waals surface area contributed by atoms with Gasteiger partial charge in [-0.1, -0.05) is 25.4 Å². The van der Waals surface area contributed by atoms with Crippen LogP contribution in [0.4, 0.5) is 5.82 Å². The molecule has 1 saturated carbocycles. The molecule has 0 amide bonds. The Kier molecular flexibility index (Phi) is 4.92. The van der Waals surface area contributed by atoms with Crippen molar-refractivity contribution in [2.75, 3.05) is 19.0 Å². The Morgan fingerprint density at radius 3 is 2.60 bits per heavy atom. The lowest BCUT2D eigenvalue weighted by molar-refractivity contribution is 0.222. The summed E-state index contributed by atoms with van der Waals surface area (Å²) >= 11 is 6.40. The highest BCUT2D eigenvalue weighted by Crippen LogP contribution is 2.38. The second-order valence-corrected chi connectivity index (χ2v) is 7.09. The number of halogens is 1. The zero-order valence-corrected chi connectivity index (χ0v) is 13.8. The van der Waals surface area contributed by atoms with E-state index in [1.165, 1.54) is 25.7 Å². The number of hydrogen-bond acceptors (Lipinski definition) is 3. The van der Waals surface area contributed by atoms with Crippen LogP contribution < -0.4 is 10.2 Å². The van der Waals surface area contributed by atoms with Crippen LogP contribution in [0.1, 0.15) is 45.1 Å². The van der Waals surface area contributed by atoms with Gasteiger partial charge in [-0.3, -0.25) is 0 Å². The Balaban J connectivity index is 2.07. The van der Waals surface area contributed by atoms with Crippen LogP contribution in [0.15, 0.2) is 12.3 Å². The summed E-state index contributed by atoms with van der Waals surface area (Å²) in [6.07, 6.45) is 6.91. The van der Waals surface area contributed by atoms with Gasteiger partial charge in [-0.15, -0.1) is 0 Å². The third-order valence-electron chi connectivity index (χ3n) is 4.45. The molecule has 1 aliphatic rings. The zero-order valence-electron chi connectivity index (χ0n) is 13.0. The molecule has 0 saturated heterocycles. The number of nitrogens with one attached hydrogen (secondary N) is 1. The van der Waals surface area contributed by atoms with Crippen LogP contribution in [0.2, 0.25) is 5.02 Å². The Morgan fingerprint density at radius 1 is 1.40 bits per heavy atom. The minimum absolute atomic E-state index is 0.491. The normalized spacial score (nSPS) is 19.1. The van der Waals surface area contributed by atoms with Crippen molar-refractivity contribution in [1.29, 1.82) is 0 Å². The molecule has 1 aliphatic carbocycles. The second-order valence-electron chi connectivity index (χ2n) is 6.69. The van der Waals surface area contributed by atoms with Gasteiger partial charge in [-0.25, -0.2) is 4.98 Å². The average Bonchev–Trinajstić information content (AvgIpc) is 2.38. The number of hydrogen-bond donors (Lipinski definition) is 1. The lowest BCUT2D eigenvalue weighted by atomic mass is 9.75. The number of rotatable bonds is 4. The van der Waals surface area contributed by atoms with Crippen molar-refractivity contribution >= 4 is 17.4 Å². The molecule has 3 nitrogen and oxygen atoms in total. The van der Waals surface area contributed by atoms with E-state index < -0.39 is 0 Å². The third kappa shape index (κ3) is 3.64. The molecule has 0 aliphatic heterocycles. The van der Waals surface area contributed by atoms with E-state index in [9.17, 15) is 0 Å². The fourth-order valence-electron chi connectivity index (χ4n) is 2.97. The van der Waals surface area contributed by atoms with Crippen molar-refractivity contribution < 1.29 is 0 Å². The van der Waals surface area contributed by atoms with Crippen molar-refractivity contribution in [3.63, 3.8) is 0 Å². The molecule has 4 heteroatoms. The number of anilines is 1. The fraction of sp³-hybridized carbons (Fsp3) is 0.688. The number of pyridine rings is 1. The first-order valence-electron chi connectivity index (χ1n) is 7.45. The molecular weight excluding hydrogens is 270 g/mol. The summed E-state index contributed by atoms with van der Waals surface area (Å²) in [4.78, 5) is 6.83. The molecule has 0 aromatic carbocycles. The summed E-state index contributed by atoms with van der Waals surface area (Å²) in [5, 5.41) is 3.87. The van der Waals surface area contributed by atoms with Crippen LogP contribution in [0, 0.1) is 5.41 Å². The van der Waals surface area contributed by atoms with E-state index in [-0.39, 0.29) is 0 Å². The van der Waals surface area contributed by atoms with Gasteiger partial charge in [0.25, 0.3) is 0 Å². The van der Waals surface area contributed by atoms with Crippen LogP contribution in [-0.4, -0.2) is 25.1 Å². The zero-order chi connectivity index (χ0) is 14.8. The molecule has 2 rings (SSSR count). The van der Waals surface area contributed by atoms with Crippen LogP contribution in [0.25, 0.3) is 0 Å². The van der Waals surface area contributed by atoms with Crippen LogP contribution in [0.3, 0.4) is 0 Å². The van der Waals surface area contributed by atoms with E-state index in [0.717, 1.165) is 22.9 Å². The lowest BCUT2D eigenvalue weighted by Gasteiger charge is -2.39. The van der Waals surface area contributed by atoms with Crippen molar-refractivity contribution in [2.45, 2.75) is 52.1 Å². The molecule has 112 valence electrons. The van der Waals surface area contributed by atoms with Crippen molar-refractivity contribution in [3.05, 3.63) is 22.8 Å². The van der Waals surface area contributed by atoms with Gasteiger partial charge in [-0.05, 0) is 49.8 Å². The fourth-order valence-corrected chi connectivity index (χ4v) is 3.30. The first-order chi connectivity index (χ1) is 9.43. The molecule has 1 fully saturated rings. The van der Waals surface area contributed by atoms with Gasteiger partial charge in [0.05, 0.1) is 5.02 Å². The van der Waals surface area contributed by atoms with Crippen LogP contribution in [0.5, 0.6) is 0 Å². The Morgan fingerprint density at radius 2 is 2.05 bits per heavy atom. The van der Waals surface area contributed by atoms with Gasteiger partial charge < -0.3 is 10.2 Å². The van der Waals surface area contributed by atoms with Gasteiger partial charge in [-0.2, -0.15) is 0 Å². The maximum Gasteiger partial charge on any atom is 0.147 e. The molecular formula is C16H26ClN3. The molecule has 0 radical (unpaired) electrons. The molecule has 20 heavy (non-hydrogen) atoms. The monoisotopic (exact) mass is 295 g/mol. The number of aromatic nitrogens is 1. The maximum atomic E-state index is 6.40. The molecule has 0 unspecified atom stereocenters. The molecule has 1 aromatic heterocycles.